The van der Waals surface area contributed by atoms with Gasteiger partial charge in [0.05, 0.1) is 11.7 Å². The maximum Gasteiger partial charge on any atom is 0.251 e. The van der Waals surface area contributed by atoms with Gasteiger partial charge < -0.3 is 15.8 Å². The molecule has 1 aromatic heterocycles. The Morgan fingerprint density at radius 1 is 1.38 bits per heavy atom. The van der Waals surface area contributed by atoms with Crippen molar-refractivity contribution < 1.29 is 9.53 Å². The van der Waals surface area contributed by atoms with E-state index in [9.17, 15) is 4.79 Å². The zero-order valence-electron chi connectivity index (χ0n) is 14.7. The molecule has 0 saturated carbocycles. The van der Waals surface area contributed by atoms with Gasteiger partial charge in [-0.2, -0.15) is 0 Å². The number of carbonyl (C=O) groups excluding carboxylic acids is 1. The molecule has 1 aromatic carbocycles. The maximum atomic E-state index is 12.6. The minimum absolute atomic E-state index is 0.0791. The molecule has 0 unspecified atom stereocenters. The number of aryl methyl sites for hydroxylation is 3. The number of nitrogens with zero attached hydrogens (tertiary/aromatic N) is 1. The molecule has 24 heavy (non-hydrogen) atoms. The van der Waals surface area contributed by atoms with Crippen molar-refractivity contribution in [3.63, 3.8) is 0 Å². The number of benzene rings is 1. The number of rotatable bonds is 7. The van der Waals surface area contributed by atoms with E-state index >= 15 is 0 Å². The number of nitrogens with one attached hydrogen (secondary N) is 1. The summed E-state index contributed by atoms with van der Waals surface area (Å²) in [4.78, 5) is 18.4. The predicted octanol–water partition coefficient (Wildman–Crippen LogP) is 3.29. The average molecular weight is 347 g/mol. The van der Waals surface area contributed by atoms with Crippen molar-refractivity contribution in [2.24, 2.45) is 5.73 Å². The zero-order valence-corrected chi connectivity index (χ0v) is 15.5. The molecule has 1 atom stereocenters. The molecule has 0 aliphatic rings. The summed E-state index contributed by atoms with van der Waals surface area (Å²) in [5.41, 5.74) is 8.06. The first kappa shape index (κ1) is 18.4. The van der Waals surface area contributed by atoms with Gasteiger partial charge in [0.1, 0.15) is 17.4 Å². The second kappa shape index (κ2) is 8.26. The van der Waals surface area contributed by atoms with Crippen LogP contribution in [-0.2, 0) is 0 Å². The number of thiazole rings is 1. The molecule has 0 aliphatic heterocycles. The highest BCUT2D eigenvalue weighted by Crippen LogP contribution is 2.26. The van der Waals surface area contributed by atoms with Crippen LogP contribution in [0.2, 0.25) is 0 Å². The summed E-state index contributed by atoms with van der Waals surface area (Å²) >= 11 is 1.64. The van der Waals surface area contributed by atoms with Gasteiger partial charge >= 0.3 is 0 Å². The van der Waals surface area contributed by atoms with Crippen LogP contribution in [0.5, 0.6) is 5.75 Å². The van der Waals surface area contributed by atoms with Gasteiger partial charge in [-0.3, -0.25) is 4.79 Å². The fourth-order valence-electron chi connectivity index (χ4n) is 2.29. The smallest absolute Gasteiger partial charge is 0.251 e. The molecule has 1 amide bonds. The molecule has 2 rings (SSSR count). The molecule has 5 nitrogen and oxygen atoms in total. The quantitative estimate of drug-likeness (QED) is 0.806. The minimum Gasteiger partial charge on any atom is -0.492 e. The molecule has 2 aromatic rings. The van der Waals surface area contributed by atoms with Crippen LogP contribution in [-0.4, -0.2) is 24.0 Å². The van der Waals surface area contributed by atoms with Gasteiger partial charge in [0.25, 0.3) is 5.91 Å². The van der Waals surface area contributed by atoms with Crippen molar-refractivity contribution in [2.45, 2.75) is 40.2 Å². The van der Waals surface area contributed by atoms with Crippen LogP contribution < -0.4 is 15.8 Å². The van der Waals surface area contributed by atoms with Crippen molar-refractivity contribution in [2.75, 3.05) is 13.2 Å². The number of nitrogens with two attached hydrogens (primary N) is 1. The molecule has 0 aliphatic carbocycles. The van der Waals surface area contributed by atoms with Crippen LogP contribution >= 0.6 is 11.3 Å². The monoisotopic (exact) mass is 347 g/mol. The lowest BCUT2D eigenvalue weighted by molar-refractivity contribution is 0.0935. The van der Waals surface area contributed by atoms with Crippen molar-refractivity contribution in [3.8, 4) is 5.75 Å². The van der Waals surface area contributed by atoms with Crippen LogP contribution in [0.25, 0.3) is 0 Å². The Labute approximate surface area is 147 Å². The fourth-order valence-corrected chi connectivity index (χ4v) is 3.35. The standard InChI is InChI=1S/C18H25N3O2S/c1-5-15(18-20-12(3)13(4)24-18)21-17(22)14-7-6-11(2)16(10-14)23-9-8-19/h6-7,10,15H,5,8-9,19H2,1-4H3,(H,21,22)/t15-/m1/s1. The second-order valence-corrected chi connectivity index (χ2v) is 6.98. The van der Waals surface area contributed by atoms with Crippen molar-refractivity contribution in [1.82, 2.24) is 10.3 Å². The van der Waals surface area contributed by atoms with Gasteiger partial charge in [-0.25, -0.2) is 4.98 Å². The Bertz CT molecular complexity index is 693. The lowest BCUT2D eigenvalue weighted by atomic mass is 10.1. The van der Waals surface area contributed by atoms with Crippen molar-refractivity contribution in [1.29, 1.82) is 0 Å². The summed E-state index contributed by atoms with van der Waals surface area (Å²) in [5, 5.41) is 4.02. The Morgan fingerprint density at radius 2 is 2.12 bits per heavy atom. The largest absolute Gasteiger partial charge is 0.492 e. The molecule has 0 bridgehead atoms. The minimum atomic E-state index is -0.120. The summed E-state index contributed by atoms with van der Waals surface area (Å²) in [6, 6.07) is 5.39. The van der Waals surface area contributed by atoms with Gasteiger partial charge in [-0.05, 0) is 44.9 Å². The summed E-state index contributed by atoms with van der Waals surface area (Å²) in [5.74, 6) is 0.576. The van der Waals surface area contributed by atoms with Crippen LogP contribution in [0.4, 0.5) is 0 Å². The number of carbonyl (C=O) groups is 1. The fraction of sp³-hybridized carbons (Fsp3) is 0.444. The van der Waals surface area contributed by atoms with E-state index in [-0.39, 0.29) is 11.9 Å². The molecule has 3 N–H and O–H groups in total. The van der Waals surface area contributed by atoms with E-state index in [1.165, 1.54) is 4.88 Å². The van der Waals surface area contributed by atoms with Crippen LogP contribution in [0.3, 0.4) is 0 Å². The highest BCUT2D eigenvalue weighted by Gasteiger charge is 2.18. The Hall–Kier alpha value is -1.92. The third-order valence-electron chi connectivity index (χ3n) is 3.88. The second-order valence-electron chi connectivity index (χ2n) is 5.75. The normalized spacial score (nSPS) is 12.0. The van der Waals surface area contributed by atoms with Gasteiger partial charge in [0.15, 0.2) is 0 Å². The number of aromatic nitrogens is 1. The van der Waals surface area contributed by atoms with E-state index in [1.54, 1.807) is 17.4 Å². The Kier molecular flexibility index (Phi) is 6.34. The van der Waals surface area contributed by atoms with Gasteiger partial charge in [0, 0.05) is 17.0 Å². The SMILES string of the molecule is CC[C@@H](NC(=O)c1ccc(C)c(OCCN)c1)c1nc(C)c(C)s1. The Balaban J connectivity index is 2.15. The molecule has 0 saturated heterocycles. The van der Waals surface area contributed by atoms with Crippen LogP contribution in [0.15, 0.2) is 18.2 Å². The number of hydrogen-bond acceptors (Lipinski definition) is 5. The predicted molar refractivity (Wildman–Crippen MR) is 97.8 cm³/mol. The molecule has 0 fully saturated rings. The van der Waals surface area contributed by atoms with E-state index in [0.29, 0.717) is 24.5 Å². The topological polar surface area (TPSA) is 77.2 Å². The maximum absolute atomic E-state index is 12.6. The van der Waals surface area contributed by atoms with Crippen LogP contribution in [0.1, 0.15) is 50.9 Å². The summed E-state index contributed by atoms with van der Waals surface area (Å²) in [6.45, 7) is 8.90. The zero-order chi connectivity index (χ0) is 17.7. The third-order valence-corrected chi connectivity index (χ3v) is 5.07. The molecule has 0 spiro atoms. The van der Waals surface area contributed by atoms with Gasteiger partial charge in [0.2, 0.25) is 0 Å². The number of amides is 1. The molecule has 6 heteroatoms. The summed E-state index contributed by atoms with van der Waals surface area (Å²) in [7, 11) is 0. The summed E-state index contributed by atoms with van der Waals surface area (Å²) < 4.78 is 5.60. The number of ether oxygens (including phenoxy) is 1. The lowest BCUT2D eigenvalue weighted by Crippen LogP contribution is -2.28. The van der Waals surface area contributed by atoms with Crippen molar-refractivity contribution >= 4 is 17.2 Å². The first-order valence-electron chi connectivity index (χ1n) is 8.14. The van der Waals surface area contributed by atoms with Gasteiger partial charge in [-0.15, -0.1) is 11.3 Å². The highest BCUT2D eigenvalue weighted by atomic mass is 32.1. The van der Waals surface area contributed by atoms with E-state index in [2.05, 4.69) is 10.3 Å². The average Bonchev–Trinajstić information content (AvgIpc) is 2.90. The van der Waals surface area contributed by atoms with Crippen molar-refractivity contribution in [3.05, 3.63) is 44.9 Å². The molecule has 0 radical (unpaired) electrons. The van der Waals surface area contributed by atoms with E-state index in [0.717, 1.165) is 22.7 Å². The Morgan fingerprint density at radius 3 is 2.71 bits per heavy atom. The van der Waals surface area contributed by atoms with Gasteiger partial charge in [-0.1, -0.05) is 13.0 Å². The molecular weight excluding hydrogens is 322 g/mol. The number of hydrogen-bond donors (Lipinski definition) is 2. The lowest BCUT2D eigenvalue weighted by Gasteiger charge is -2.15. The highest BCUT2D eigenvalue weighted by molar-refractivity contribution is 7.11. The summed E-state index contributed by atoms with van der Waals surface area (Å²) in [6.07, 6.45) is 0.792. The third kappa shape index (κ3) is 4.33. The molecular formula is C18H25N3O2S. The van der Waals surface area contributed by atoms with E-state index < -0.39 is 0 Å². The first-order valence-corrected chi connectivity index (χ1v) is 8.96. The molecule has 1 heterocycles. The van der Waals surface area contributed by atoms with E-state index in [4.69, 9.17) is 10.5 Å². The van der Waals surface area contributed by atoms with E-state index in [1.807, 2.05) is 39.8 Å². The molecule has 130 valence electrons. The van der Waals surface area contributed by atoms with Crippen LogP contribution in [0, 0.1) is 20.8 Å². The first-order chi connectivity index (χ1) is 11.5.